The van der Waals surface area contributed by atoms with Crippen LogP contribution in [-0.2, 0) is 22.4 Å². The fourth-order valence-electron chi connectivity index (χ4n) is 4.05. The number of carbonyl (C=O) groups is 2. The lowest BCUT2D eigenvalue weighted by molar-refractivity contribution is -0.134. The molecule has 1 fully saturated rings. The molecule has 1 saturated heterocycles. The van der Waals surface area contributed by atoms with E-state index in [1.807, 2.05) is 36.4 Å². The molecular weight excluding hydrogens is 388 g/mol. The number of piperazine rings is 1. The van der Waals surface area contributed by atoms with Crippen LogP contribution in [0.25, 0.3) is 0 Å². The Morgan fingerprint density at radius 2 is 1.69 bits per heavy atom. The zero-order valence-corrected chi connectivity index (χ0v) is 17.2. The van der Waals surface area contributed by atoms with E-state index in [9.17, 15) is 9.59 Å². The highest BCUT2D eigenvalue weighted by molar-refractivity contribution is 6.30. The van der Waals surface area contributed by atoms with E-state index >= 15 is 0 Å². The topological polar surface area (TPSA) is 49.9 Å². The lowest BCUT2D eigenvalue weighted by atomic mass is 9.90. The number of anilines is 1. The summed E-state index contributed by atoms with van der Waals surface area (Å²) in [5.74, 6) is -0.577. The zero-order chi connectivity index (χ0) is 20.2. The minimum absolute atomic E-state index is 0.151. The van der Waals surface area contributed by atoms with Crippen LogP contribution in [0.2, 0.25) is 5.02 Å². The predicted molar refractivity (Wildman–Crippen MR) is 114 cm³/mol. The maximum Gasteiger partial charge on any atom is 0.338 e. The van der Waals surface area contributed by atoms with Gasteiger partial charge in [-0.25, -0.2) is 4.79 Å². The fourth-order valence-corrected chi connectivity index (χ4v) is 4.23. The summed E-state index contributed by atoms with van der Waals surface area (Å²) in [5.41, 5.74) is 4.14. The molecule has 0 aromatic heterocycles. The van der Waals surface area contributed by atoms with Crippen LogP contribution in [0.3, 0.4) is 0 Å². The van der Waals surface area contributed by atoms with Gasteiger partial charge in [-0.3, -0.25) is 4.79 Å². The summed E-state index contributed by atoms with van der Waals surface area (Å²) in [6.07, 6.45) is 4.44. The first-order chi connectivity index (χ1) is 14.1. The van der Waals surface area contributed by atoms with Crippen LogP contribution in [0.1, 0.15) is 34.3 Å². The van der Waals surface area contributed by atoms with Crippen LogP contribution in [0, 0.1) is 0 Å². The number of fused-ring (bicyclic) bond motifs is 1. The molecule has 1 aliphatic heterocycles. The van der Waals surface area contributed by atoms with E-state index in [-0.39, 0.29) is 12.5 Å². The standard InChI is InChI=1S/C23H25ClN2O3/c24-20-6-3-7-21(15-20)25-10-12-26(13-11-25)22(27)16-29-23(28)19-9-8-17-4-1-2-5-18(17)14-19/h3,6-9,14-15H,1-2,4-5,10-13,16H2. The average Bonchev–Trinajstić information content (AvgIpc) is 2.77. The van der Waals surface area contributed by atoms with Gasteiger partial charge < -0.3 is 14.5 Å². The van der Waals surface area contributed by atoms with Crippen LogP contribution in [0.4, 0.5) is 5.69 Å². The van der Waals surface area contributed by atoms with Crippen molar-refractivity contribution in [3.8, 4) is 0 Å². The van der Waals surface area contributed by atoms with Crippen molar-refractivity contribution in [3.05, 3.63) is 64.2 Å². The molecule has 0 N–H and O–H groups in total. The van der Waals surface area contributed by atoms with Crippen LogP contribution in [0.15, 0.2) is 42.5 Å². The maximum absolute atomic E-state index is 12.5. The predicted octanol–water partition coefficient (Wildman–Crippen LogP) is 3.72. The number of hydrogen-bond acceptors (Lipinski definition) is 4. The number of carbonyl (C=O) groups excluding carboxylic acids is 2. The summed E-state index contributed by atoms with van der Waals surface area (Å²) in [7, 11) is 0. The molecule has 152 valence electrons. The van der Waals surface area contributed by atoms with E-state index in [2.05, 4.69) is 4.90 Å². The molecule has 0 atom stereocenters. The number of hydrogen-bond donors (Lipinski definition) is 0. The van der Waals surface area contributed by atoms with Crippen LogP contribution in [0.5, 0.6) is 0 Å². The normalized spacial score (nSPS) is 16.3. The Morgan fingerprint density at radius 1 is 0.931 bits per heavy atom. The van der Waals surface area contributed by atoms with Crippen LogP contribution >= 0.6 is 11.6 Å². The molecule has 1 amide bonds. The first kappa shape index (κ1) is 19.8. The van der Waals surface area contributed by atoms with Gasteiger partial charge in [0.05, 0.1) is 5.56 Å². The molecule has 2 aromatic carbocycles. The first-order valence-corrected chi connectivity index (χ1v) is 10.6. The minimum Gasteiger partial charge on any atom is -0.452 e. The Hall–Kier alpha value is -2.53. The molecule has 0 bridgehead atoms. The van der Waals surface area contributed by atoms with Crippen molar-refractivity contribution in [3.63, 3.8) is 0 Å². The van der Waals surface area contributed by atoms with Gasteiger partial charge >= 0.3 is 5.97 Å². The van der Waals surface area contributed by atoms with E-state index in [0.717, 1.165) is 38.0 Å². The molecular formula is C23H25ClN2O3. The quantitative estimate of drug-likeness (QED) is 0.718. The molecule has 0 saturated carbocycles. The number of rotatable bonds is 4. The van der Waals surface area contributed by atoms with Crippen molar-refractivity contribution >= 4 is 29.2 Å². The number of nitrogens with zero attached hydrogens (tertiary/aromatic N) is 2. The summed E-state index contributed by atoms with van der Waals surface area (Å²) in [5, 5.41) is 0.704. The Morgan fingerprint density at radius 3 is 2.45 bits per heavy atom. The van der Waals surface area contributed by atoms with Gasteiger partial charge in [-0.1, -0.05) is 23.7 Å². The van der Waals surface area contributed by atoms with Crippen LogP contribution in [-0.4, -0.2) is 49.6 Å². The van der Waals surface area contributed by atoms with Gasteiger partial charge in [0.15, 0.2) is 6.61 Å². The highest BCUT2D eigenvalue weighted by atomic mass is 35.5. The van der Waals surface area contributed by atoms with Gasteiger partial charge in [0.1, 0.15) is 0 Å². The van der Waals surface area contributed by atoms with E-state index in [0.29, 0.717) is 23.7 Å². The molecule has 1 aliphatic carbocycles. The third kappa shape index (κ3) is 4.73. The largest absolute Gasteiger partial charge is 0.452 e. The zero-order valence-electron chi connectivity index (χ0n) is 16.4. The van der Waals surface area contributed by atoms with Crippen molar-refractivity contribution in [1.29, 1.82) is 0 Å². The molecule has 2 aliphatic rings. The number of aryl methyl sites for hydroxylation is 2. The first-order valence-electron chi connectivity index (χ1n) is 10.2. The molecule has 29 heavy (non-hydrogen) atoms. The van der Waals surface area contributed by atoms with E-state index < -0.39 is 5.97 Å². The second-order valence-corrected chi connectivity index (χ2v) is 8.05. The van der Waals surface area contributed by atoms with Gasteiger partial charge in [0.2, 0.25) is 0 Å². The highest BCUT2D eigenvalue weighted by Gasteiger charge is 2.23. The fraction of sp³-hybridized carbons (Fsp3) is 0.391. The number of esters is 1. The van der Waals surface area contributed by atoms with Crippen molar-refractivity contribution < 1.29 is 14.3 Å². The Labute approximate surface area is 176 Å². The van der Waals surface area contributed by atoms with Crippen molar-refractivity contribution in [2.75, 3.05) is 37.7 Å². The third-order valence-electron chi connectivity index (χ3n) is 5.72. The molecule has 4 rings (SSSR count). The van der Waals surface area contributed by atoms with Gasteiger partial charge in [-0.05, 0) is 67.1 Å². The molecule has 1 heterocycles. The third-order valence-corrected chi connectivity index (χ3v) is 5.95. The van der Waals surface area contributed by atoms with Gasteiger partial charge in [0.25, 0.3) is 5.91 Å². The minimum atomic E-state index is -0.427. The lowest BCUT2D eigenvalue weighted by Crippen LogP contribution is -2.49. The molecule has 0 radical (unpaired) electrons. The van der Waals surface area contributed by atoms with Gasteiger partial charge in [-0.2, -0.15) is 0 Å². The molecule has 0 spiro atoms. The Kier molecular flexibility index (Phi) is 6.05. The second kappa shape index (κ2) is 8.87. The van der Waals surface area contributed by atoms with E-state index in [1.165, 1.54) is 17.5 Å². The summed E-state index contributed by atoms with van der Waals surface area (Å²) < 4.78 is 5.30. The summed E-state index contributed by atoms with van der Waals surface area (Å²) in [4.78, 5) is 28.8. The summed E-state index contributed by atoms with van der Waals surface area (Å²) in [6.45, 7) is 2.44. The molecule has 6 heteroatoms. The average molecular weight is 413 g/mol. The van der Waals surface area contributed by atoms with Crippen molar-refractivity contribution in [2.24, 2.45) is 0 Å². The summed E-state index contributed by atoms with van der Waals surface area (Å²) in [6, 6.07) is 13.5. The lowest BCUT2D eigenvalue weighted by Gasteiger charge is -2.36. The molecule has 2 aromatic rings. The van der Waals surface area contributed by atoms with E-state index in [4.69, 9.17) is 16.3 Å². The number of benzene rings is 2. The Balaban J connectivity index is 1.27. The Bertz CT molecular complexity index is 907. The molecule has 5 nitrogen and oxygen atoms in total. The van der Waals surface area contributed by atoms with Crippen molar-refractivity contribution in [1.82, 2.24) is 4.90 Å². The maximum atomic E-state index is 12.5. The van der Waals surface area contributed by atoms with E-state index in [1.54, 1.807) is 11.0 Å². The number of amides is 1. The van der Waals surface area contributed by atoms with Crippen molar-refractivity contribution in [2.45, 2.75) is 25.7 Å². The smallest absolute Gasteiger partial charge is 0.338 e. The van der Waals surface area contributed by atoms with Crippen LogP contribution < -0.4 is 4.90 Å². The van der Waals surface area contributed by atoms with Gasteiger partial charge in [0, 0.05) is 36.9 Å². The highest BCUT2D eigenvalue weighted by Crippen LogP contribution is 2.23. The van der Waals surface area contributed by atoms with Gasteiger partial charge in [-0.15, -0.1) is 0 Å². The summed E-state index contributed by atoms with van der Waals surface area (Å²) >= 11 is 6.06. The number of halogens is 1. The SMILES string of the molecule is O=C(OCC(=O)N1CCN(c2cccc(Cl)c2)CC1)c1ccc2c(c1)CCCC2. The second-order valence-electron chi connectivity index (χ2n) is 7.61. The number of ether oxygens (including phenoxy) is 1. The molecule has 0 unspecified atom stereocenters. The monoisotopic (exact) mass is 412 g/mol.